The summed E-state index contributed by atoms with van der Waals surface area (Å²) in [5, 5.41) is 12.5. The van der Waals surface area contributed by atoms with E-state index in [0.717, 1.165) is 11.0 Å². The first kappa shape index (κ1) is 10.8. The predicted octanol–water partition coefficient (Wildman–Crippen LogP) is 1.37. The Balaban J connectivity index is 1.84. The molecule has 1 saturated carbocycles. The summed E-state index contributed by atoms with van der Waals surface area (Å²) in [4.78, 5) is 30.0. The van der Waals surface area contributed by atoms with Crippen molar-refractivity contribution in [3.63, 3.8) is 0 Å². The van der Waals surface area contributed by atoms with Gasteiger partial charge in [-0.2, -0.15) is 0 Å². The minimum absolute atomic E-state index is 0.397. The van der Waals surface area contributed by atoms with Crippen LogP contribution in [0.1, 0.15) is 12.8 Å². The van der Waals surface area contributed by atoms with Crippen LogP contribution in [0.15, 0.2) is 24.5 Å². The Morgan fingerprint density at radius 2 is 2.22 bits per heavy atom. The smallest absolute Gasteiger partial charge is 0.319 e. The SMILES string of the molecule is O=C(O)C1(C(=O)Nc2cnc3[nH]ccc3c2)CC1. The van der Waals surface area contributed by atoms with Crippen molar-refractivity contribution in [2.45, 2.75) is 12.8 Å². The number of anilines is 1. The van der Waals surface area contributed by atoms with Gasteiger partial charge in [0.05, 0.1) is 11.9 Å². The van der Waals surface area contributed by atoms with Crippen LogP contribution in [0.25, 0.3) is 11.0 Å². The maximum absolute atomic E-state index is 11.9. The van der Waals surface area contributed by atoms with Crippen LogP contribution in [-0.4, -0.2) is 27.0 Å². The fourth-order valence-electron chi connectivity index (χ4n) is 1.92. The van der Waals surface area contributed by atoms with Crippen molar-refractivity contribution in [3.05, 3.63) is 24.5 Å². The van der Waals surface area contributed by atoms with Gasteiger partial charge in [0.1, 0.15) is 11.1 Å². The molecule has 0 aromatic carbocycles. The van der Waals surface area contributed by atoms with Crippen molar-refractivity contribution in [2.75, 3.05) is 5.32 Å². The molecule has 0 spiro atoms. The van der Waals surface area contributed by atoms with Crippen molar-refractivity contribution in [1.29, 1.82) is 0 Å². The minimum Gasteiger partial charge on any atom is -0.480 e. The highest BCUT2D eigenvalue weighted by Gasteiger charge is 2.57. The molecule has 6 nitrogen and oxygen atoms in total. The van der Waals surface area contributed by atoms with Gasteiger partial charge in [-0.1, -0.05) is 0 Å². The van der Waals surface area contributed by atoms with Crippen LogP contribution < -0.4 is 5.32 Å². The Bertz CT molecular complexity index is 643. The minimum atomic E-state index is -1.23. The van der Waals surface area contributed by atoms with Gasteiger partial charge in [-0.3, -0.25) is 9.59 Å². The van der Waals surface area contributed by atoms with E-state index >= 15 is 0 Å². The predicted molar refractivity (Wildman–Crippen MR) is 64.0 cm³/mol. The molecule has 0 aliphatic heterocycles. The van der Waals surface area contributed by atoms with Crippen molar-refractivity contribution < 1.29 is 14.7 Å². The molecule has 6 heteroatoms. The Hall–Kier alpha value is -2.37. The highest BCUT2D eigenvalue weighted by Crippen LogP contribution is 2.46. The van der Waals surface area contributed by atoms with Gasteiger partial charge in [-0.05, 0) is 25.0 Å². The molecule has 0 saturated heterocycles. The van der Waals surface area contributed by atoms with Gasteiger partial charge in [-0.15, -0.1) is 0 Å². The number of carboxylic acid groups (broad SMARTS) is 1. The van der Waals surface area contributed by atoms with Gasteiger partial charge in [0.25, 0.3) is 0 Å². The van der Waals surface area contributed by atoms with Crippen LogP contribution in [0.3, 0.4) is 0 Å². The lowest BCUT2D eigenvalue weighted by atomic mass is 10.1. The number of aromatic nitrogens is 2. The van der Waals surface area contributed by atoms with E-state index in [0.29, 0.717) is 18.5 Å². The zero-order valence-electron chi connectivity index (χ0n) is 9.43. The molecule has 3 rings (SSSR count). The van der Waals surface area contributed by atoms with Crippen molar-refractivity contribution in [3.8, 4) is 0 Å². The van der Waals surface area contributed by atoms with Crippen LogP contribution in [0.2, 0.25) is 0 Å². The Kier molecular flexibility index (Phi) is 2.13. The average molecular weight is 245 g/mol. The molecule has 0 unspecified atom stereocenters. The molecule has 0 radical (unpaired) electrons. The lowest BCUT2D eigenvalue weighted by molar-refractivity contribution is -0.147. The molecule has 2 aromatic heterocycles. The first-order valence-electron chi connectivity index (χ1n) is 5.60. The van der Waals surface area contributed by atoms with Crippen molar-refractivity contribution in [2.24, 2.45) is 5.41 Å². The van der Waals surface area contributed by atoms with Crippen LogP contribution in [0.5, 0.6) is 0 Å². The van der Waals surface area contributed by atoms with Crippen molar-refractivity contribution in [1.82, 2.24) is 9.97 Å². The number of hydrogen-bond donors (Lipinski definition) is 3. The second-order valence-corrected chi connectivity index (χ2v) is 4.48. The molecule has 1 aliphatic carbocycles. The monoisotopic (exact) mass is 245 g/mol. The van der Waals surface area contributed by atoms with Crippen LogP contribution >= 0.6 is 0 Å². The summed E-state index contributed by atoms with van der Waals surface area (Å²) in [6.07, 6.45) is 4.06. The lowest BCUT2D eigenvalue weighted by Crippen LogP contribution is -2.31. The van der Waals surface area contributed by atoms with Gasteiger partial charge in [0.2, 0.25) is 5.91 Å². The third-order valence-corrected chi connectivity index (χ3v) is 3.25. The molecule has 2 heterocycles. The van der Waals surface area contributed by atoms with E-state index in [2.05, 4.69) is 15.3 Å². The number of carbonyl (C=O) groups excluding carboxylic acids is 1. The molecule has 0 atom stereocenters. The zero-order valence-corrected chi connectivity index (χ0v) is 9.43. The quantitative estimate of drug-likeness (QED) is 0.711. The maximum atomic E-state index is 11.9. The van der Waals surface area contributed by atoms with E-state index < -0.39 is 17.3 Å². The number of aromatic amines is 1. The fraction of sp³-hybridized carbons (Fsp3) is 0.250. The first-order chi connectivity index (χ1) is 8.62. The first-order valence-corrected chi connectivity index (χ1v) is 5.60. The molecule has 3 N–H and O–H groups in total. The van der Waals surface area contributed by atoms with E-state index in [-0.39, 0.29) is 0 Å². The number of nitrogens with zero attached hydrogens (tertiary/aromatic N) is 1. The third-order valence-electron chi connectivity index (χ3n) is 3.25. The number of rotatable bonds is 3. The van der Waals surface area contributed by atoms with E-state index in [4.69, 9.17) is 5.11 Å². The summed E-state index contributed by atoms with van der Waals surface area (Å²) in [5.74, 6) is -1.53. The molecule has 1 amide bonds. The standard InChI is InChI=1S/C12H11N3O3/c16-10(12(2-3-12)11(17)18)15-8-5-7-1-4-13-9(7)14-6-8/h1,4-6H,2-3H2,(H,13,14)(H,15,16)(H,17,18). The number of pyridine rings is 1. The molecule has 92 valence electrons. The molecule has 1 fully saturated rings. The molecule has 2 aromatic rings. The number of H-pyrrole nitrogens is 1. The summed E-state index contributed by atoms with van der Waals surface area (Å²) in [6, 6.07) is 3.59. The fourth-order valence-corrected chi connectivity index (χ4v) is 1.92. The maximum Gasteiger partial charge on any atom is 0.319 e. The number of carbonyl (C=O) groups is 2. The molecular weight excluding hydrogens is 234 g/mol. The Morgan fingerprint density at radius 3 is 2.89 bits per heavy atom. The van der Waals surface area contributed by atoms with Crippen LogP contribution in [0.4, 0.5) is 5.69 Å². The number of hydrogen-bond acceptors (Lipinski definition) is 3. The molecule has 18 heavy (non-hydrogen) atoms. The number of nitrogens with one attached hydrogen (secondary N) is 2. The van der Waals surface area contributed by atoms with Crippen LogP contribution in [0, 0.1) is 5.41 Å². The average Bonchev–Trinajstić information content (AvgIpc) is 3.03. The van der Waals surface area contributed by atoms with Gasteiger partial charge in [-0.25, -0.2) is 4.98 Å². The summed E-state index contributed by atoms with van der Waals surface area (Å²) in [5.41, 5.74) is 0.0135. The summed E-state index contributed by atoms with van der Waals surface area (Å²) >= 11 is 0. The largest absolute Gasteiger partial charge is 0.480 e. The second kappa shape index (κ2) is 3.56. The topological polar surface area (TPSA) is 95.1 Å². The van der Waals surface area contributed by atoms with Crippen LogP contribution in [-0.2, 0) is 9.59 Å². The van der Waals surface area contributed by atoms with Gasteiger partial charge in [0.15, 0.2) is 0 Å². The highest BCUT2D eigenvalue weighted by molar-refractivity contribution is 6.11. The summed E-state index contributed by atoms with van der Waals surface area (Å²) in [7, 11) is 0. The number of aliphatic carboxylic acids is 1. The highest BCUT2D eigenvalue weighted by atomic mass is 16.4. The molecular formula is C12H11N3O3. The summed E-state index contributed by atoms with van der Waals surface area (Å²) in [6.45, 7) is 0. The van der Waals surface area contributed by atoms with E-state index in [1.54, 1.807) is 12.3 Å². The van der Waals surface area contributed by atoms with Gasteiger partial charge >= 0.3 is 5.97 Å². The number of amides is 1. The molecule has 0 bridgehead atoms. The van der Waals surface area contributed by atoms with E-state index in [9.17, 15) is 9.59 Å². The molecule has 1 aliphatic rings. The van der Waals surface area contributed by atoms with E-state index in [1.807, 2.05) is 6.07 Å². The Morgan fingerprint density at radius 1 is 1.44 bits per heavy atom. The zero-order chi connectivity index (χ0) is 12.8. The van der Waals surface area contributed by atoms with E-state index in [1.165, 1.54) is 6.20 Å². The lowest BCUT2D eigenvalue weighted by Gasteiger charge is -2.10. The van der Waals surface area contributed by atoms with Crippen molar-refractivity contribution >= 4 is 28.6 Å². The van der Waals surface area contributed by atoms with Gasteiger partial charge in [0, 0.05) is 11.6 Å². The second-order valence-electron chi connectivity index (χ2n) is 4.48. The Labute approximate surface area is 102 Å². The number of carboxylic acids is 1. The number of fused-ring (bicyclic) bond motifs is 1. The third kappa shape index (κ3) is 1.54. The van der Waals surface area contributed by atoms with Gasteiger partial charge < -0.3 is 15.4 Å². The summed E-state index contributed by atoms with van der Waals surface area (Å²) < 4.78 is 0. The normalized spacial score (nSPS) is 16.4.